The Morgan fingerprint density at radius 2 is 1.75 bits per heavy atom. The number of rotatable bonds is 8. The van der Waals surface area contributed by atoms with Gasteiger partial charge in [0.05, 0.1) is 23.3 Å². The minimum absolute atomic E-state index is 0.0188. The maximum absolute atomic E-state index is 12.7. The zero-order chi connectivity index (χ0) is 24.9. The third-order valence-electron chi connectivity index (χ3n) is 5.59. The van der Waals surface area contributed by atoms with E-state index in [1.807, 2.05) is 67.0 Å². The minimum Gasteiger partial charge on any atom is -0.360 e. The molecule has 5 rings (SSSR count). The van der Waals surface area contributed by atoms with Crippen molar-refractivity contribution in [1.29, 1.82) is 0 Å². The van der Waals surface area contributed by atoms with Crippen LogP contribution in [0.4, 0.5) is 5.69 Å². The van der Waals surface area contributed by atoms with Crippen LogP contribution in [0.2, 0.25) is 0 Å². The number of anilines is 1. The molecule has 8 heteroatoms. The number of allylic oxidation sites excluding steroid dienone is 1. The van der Waals surface area contributed by atoms with Crippen molar-refractivity contribution in [2.45, 2.75) is 6.42 Å². The normalized spacial score (nSPS) is 10.7. The summed E-state index contributed by atoms with van der Waals surface area (Å²) in [5.41, 5.74) is 5.83. The van der Waals surface area contributed by atoms with E-state index in [1.165, 1.54) is 6.08 Å². The van der Waals surface area contributed by atoms with Crippen molar-refractivity contribution < 1.29 is 9.59 Å². The molecule has 1 amide bonds. The first-order valence-electron chi connectivity index (χ1n) is 11.3. The smallest absolute Gasteiger partial charge is 0.274 e. The van der Waals surface area contributed by atoms with Crippen LogP contribution >= 0.6 is 0 Å². The number of hydrogen-bond donors (Lipinski definition) is 2. The van der Waals surface area contributed by atoms with Crippen LogP contribution in [0.15, 0.2) is 104 Å². The molecule has 2 aromatic carbocycles. The second-order valence-electron chi connectivity index (χ2n) is 8.09. The maximum atomic E-state index is 12.7. The van der Waals surface area contributed by atoms with Gasteiger partial charge in [0, 0.05) is 23.9 Å². The molecule has 36 heavy (non-hydrogen) atoms. The molecule has 0 aliphatic rings. The highest BCUT2D eigenvalue weighted by molar-refractivity contribution is 6.03. The summed E-state index contributed by atoms with van der Waals surface area (Å²) >= 11 is 0. The molecule has 0 aliphatic carbocycles. The Kier molecular flexibility index (Phi) is 6.31. The molecule has 2 N–H and O–H groups in total. The van der Waals surface area contributed by atoms with Gasteiger partial charge >= 0.3 is 0 Å². The van der Waals surface area contributed by atoms with Crippen molar-refractivity contribution in [3.8, 4) is 28.3 Å². The van der Waals surface area contributed by atoms with Gasteiger partial charge in [0.25, 0.3) is 5.91 Å². The summed E-state index contributed by atoms with van der Waals surface area (Å²) in [7, 11) is 0. The summed E-state index contributed by atoms with van der Waals surface area (Å²) in [6, 6.07) is 24.0. The van der Waals surface area contributed by atoms with Crippen molar-refractivity contribution in [1.82, 2.24) is 25.0 Å². The van der Waals surface area contributed by atoms with E-state index in [0.29, 0.717) is 29.2 Å². The number of pyridine rings is 1. The van der Waals surface area contributed by atoms with Crippen molar-refractivity contribution in [2.24, 2.45) is 0 Å². The van der Waals surface area contributed by atoms with E-state index in [1.54, 1.807) is 28.9 Å². The van der Waals surface area contributed by atoms with Gasteiger partial charge in [0.2, 0.25) is 0 Å². The number of H-pyrrole nitrogens is 1. The fourth-order valence-electron chi connectivity index (χ4n) is 3.68. The van der Waals surface area contributed by atoms with Gasteiger partial charge in [-0.05, 0) is 60.2 Å². The van der Waals surface area contributed by atoms with Crippen molar-refractivity contribution >= 4 is 17.4 Å². The summed E-state index contributed by atoms with van der Waals surface area (Å²) in [5.74, 6) is -0.313. The molecular weight excluding hydrogens is 452 g/mol. The van der Waals surface area contributed by atoms with E-state index < -0.39 is 0 Å². The molecule has 0 unspecified atom stereocenters. The number of carbonyl (C=O) groups is 2. The molecule has 0 saturated heterocycles. The van der Waals surface area contributed by atoms with Crippen molar-refractivity contribution in [2.75, 3.05) is 5.32 Å². The van der Waals surface area contributed by atoms with Crippen LogP contribution < -0.4 is 5.32 Å². The highest BCUT2D eigenvalue weighted by atomic mass is 16.2. The fraction of sp³-hybridized carbons (Fsp3) is 0.0357. The van der Waals surface area contributed by atoms with Gasteiger partial charge in [-0.25, -0.2) is 9.67 Å². The van der Waals surface area contributed by atoms with E-state index in [4.69, 9.17) is 0 Å². The van der Waals surface area contributed by atoms with Crippen molar-refractivity contribution in [3.63, 3.8) is 0 Å². The average molecular weight is 475 g/mol. The zero-order valence-electron chi connectivity index (χ0n) is 19.3. The molecular formula is C28H22N6O2. The number of aromatic nitrogens is 5. The molecule has 0 spiro atoms. The molecule has 3 aromatic heterocycles. The van der Waals surface area contributed by atoms with Crippen LogP contribution in [0.1, 0.15) is 16.1 Å². The summed E-state index contributed by atoms with van der Waals surface area (Å²) in [6.07, 6.45) is 5.30. The van der Waals surface area contributed by atoms with E-state index in [2.05, 4.69) is 32.2 Å². The number of hydrogen-bond acceptors (Lipinski definition) is 5. The second kappa shape index (κ2) is 10.0. The molecule has 8 nitrogen and oxygen atoms in total. The number of aromatic amines is 1. The highest BCUT2D eigenvalue weighted by Crippen LogP contribution is 2.20. The number of nitrogens with one attached hydrogen (secondary N) is 2. The Morgan fingerprint density at radius 1 is 0.944 bits per heavy atom. The molecule has 0 saturated carbocycles. The topological polar surface area (TPSA) is 106 Å². The second-order valence-corrected chi connectivity index (χ2v) is 8.09. The Morgan fingerprint density at radius 3 is 2.47 bits per heavy atom. The first-order chi connectivity index (χ1) is 17.6. The highest BCUT2D eigenvalue weighted by Gasteiger charge is 2.11. The molecule has 0 bridgehead atoms. The van der Waals surface area contributed by atoms with Gasteiger partial charge in [-0.2, -0.15) is 0 Å². The van der Waals surface area contributed by atoms with Crippen LogP contribution in [0.3, 0.4) is 0 Å². The molecule has 176 valence electrons. The summed E-state index contributed by atoms with van der Waals surface area (Å²) in [6.45, 7) is 3.50. The van der Waals surface area contributed by atoms with Crippen LogP contribution in [-0.2, 0) is 11.2 Å². The number of carbonyl (C=O) groups excluding carboxylic acids is 2. The zero-order valence-corrected chi connectivity index (χ0v) is 19.3. The van der Waals surface area contributed by atoms with E-state index in [9.17, 15) is 9.59 Å². The third-order valence-corrected chi connectivity index (χ3v) is 5.59. The Balaban J connectivity index is 1.26. The number of nitrogens with zero attached hydrogens (tertiary/aromatic N) is 4. The lowest BCUT2D eigenvalue weighted by atomic mass is 10.1. The van der Waals surface area contributed by atoms with Gasteiger partial charge in [0.15, 0.2) is 5.78 Å². The largest absolute Gasteiger partial charge is 0.360 e. The Bertz CT molecular complexity index is 1520. The fourth-order valence-corrected chi connectivity index (χ4v) is 3.68. The van der Waals surface area contributed by atoms with Crippen LogP contribution in [-0.4, -0.2) is 36.7 Å². The van der Waals surface area contributed by atoms with Gasteiger partial charge in [0.1, 0.15) is 11.4 Å². The van der Waals surface area contributed by atoms with E-state index in [-0.39, 0.29) is 11.7 Å². The Hall–Kier alpha value is -5.11. The van der Waals surface area contributed by atoms with Crippen LogP contribution in [0.5, 0.6) is 0 Å². The first kappa shape index (κ1) is 22.7. The van der Waals surface area contributed by atoms with Crippen LogP contribution in [0.25, 0.3) is 28.3 Å². The van der Waals surface area contributed by atoms with Gasteiger partial charge in [-0.3, -0.25) is 9.59 Å². The lowest BCUT2D eigenvalue weighted by Gasteiger charge is -2.07. The van der Waals surface area contributed by atoms with Gasteiger partial charge in [-0.15, -0.1) is 5.10 Å². The van der Waals surface area contributed by atoms with Crippen molar-refractivity contribution in [3.05, 3.63) is 115 Å². The van der Waals surface area contributed by atoms with Gasteiger partial charge < -0.3 is 10.3 Å². The third kappa shape index (κ3) is 5.02. The molecule has 0 atom stereocenters. The summed E-state index contributed by atoms with van der Waals surface area (Å²) in [4.78, 5) is 31.8. The molecule has 5 aromatic rings. The Labute approximate surface area is 207 Å². The van der Waals surface area contributed by atoms with Crippen LogP contribution in [0, 0.1) is 0 Å². The predicted molar refractivity (Wildman–Crippen MR) is 138 cm³/mol. The molecule has 0 aliphatic heterocycles. The molecule has 0 fully saturated rings. The predicted octanol–water partition coefficient (Wildman–Crippen LogP) is 4.87. The standard InChI is InChI=1S/C28H22N6O2/c1-2-23(35)17-19-8-10-20(11-9-19)27-18-34(33-32-27)22-14-12-21(13-15-22)30-28(36)26-6-3-5-25(31-26)24-7-4-16-29-24/h2-16,18,29H,1,17H2,(H,30,36). The lowest BCUT2D eigenvalue weighted by Crippen LogP contribution is -2.14. The van der Waals surface area contributed by atoms with E-state index >= 15 is 0 Å². The SMILES string of the molecule is C=CC(=O)Cc1ccc(-c2cn(-c3ccc(NC(=O)c4cccc(-c5ccc[nH]5)n4)cc3)nn2)cc1. The molecule has 3 heterocycles. The first-order valence-corrected chi connectivity index (χ1v) is 11.3. The minimum atomic E-state index is -0.294. The average Bonchev–Trinajstić information content (AvgIpc) is 3.63. The molecule has 0 radical (unpaired) electrons. The monoisotopic (exact) mass is 474 g/mol. The number of ketones is 1. The maximum Gasteiger partial charge on any atom is 0.274 e. The van der Waals surface area contributed by atoms with Gasteiger partial charge in [-0.1, -0.05) is 42.1 Å². The quantitative estimate of drug-likeness (QED) is 0.312. The number of benzene rings is 2. The van der Waals surface area contributed by atoms with E-state index in [0.717, 1.165) is 22.5 Å². The summed E-state index contributed by atoms with van der Waals surface area (Å²) in [5, 5.41) is 11.4. The summed E-state index contributed by atoms with van der Waals surface area (Å²) < 4.78 is 1.66. The lowest BCUT2D eigenvalue weighted by molar-refractivity contribution is -0.114. The number of amides is 1.